The minimum absolute atomic E-state index is 0.0475. The molecule has 0 aliphatic rings. The predicted molar refractivity (Wildman–Crippen MR) is 71.3 cm³/mol. The molecule has 1 amide bonds. The van der Waals surface area contributed by atoms with Crippen molar-refractivity contribution in [3.63, 3.8) is 0 Å². The molecule has 4 N–H and O–H groups in total. The van der Waals surface area contributed by atoms with Crippen LogP contribution in [0.25, 0.3) is 0 Å². The van der Waals surface area contributed by atoms with Crippen molar-refractivity contribution in [3.8, 4) is 0 Å². The summed E-state index contributed by atoms with van der Waals surface area (Å²) >= 11 is 4.76. The molecule has 8 heteroatoms. The molecule has 1 rings (SSSR count). The number of nitrogens with zero attached hydrogens (tertiary/aromatic N) is 1. The van der Waals surface area contributed by atoms with Gasteiger partial charge in [0.15, 0.2) is 0 Å². The molecule has 0 radical (unpaired) electrons. The number of carbonyl (C=O) groups is 1. The Kier molecular flexibility index (Phi) is 4.38. The molecule has 0 aromatic heterocycles. The maximum atomic E-state index is 12.0. The van der Waals surface area contributed by atoms with Crippen molar-refractivity contribution in [1.82, 2.24) is 4.31 Å². The van der Waals surface area contributed by atoms with E-state index in [9.17, 15) is 13.2 Å². The van der Waals surface area contributed by atoms with Crippen LogP contribution < -0.4 is 11.5 Å². The molecule has 0 saturated heterocycles. The fourth-order valence-electron chi connectivity index (χ4n) is 1.28. The molecule has 0 bridgehead atoms. The summed E-state index contributed by atoms with van der Waals surface area (Å²) in [5.41, 5.74) is 10.9. The van der Waals surface area contributed by atoms with E-state index in [1.165, 1.54) is 31.3 Å². The molecule has 0 fully saturated rings. The van der Waals surface area contributed by atoms with E-state index in [4.69, 9.17) is 23.7 Å². The third kappa shape index (κ3) is 3.25. The van der Waals surface area contributed by atoms with Gasteiger partial charge in [-0.05, 0) is 12.1 Å². The van der Waals surface area contributed by atoms with Gasteiger partial charge in [-0.2, -0.15) is 4.31 Å². The van der Waals surface area contributed by atoms with Gasteiger partial charge < -0.3 is 11.5 Å². The van der Waals surface area contributed by atoms with Gasteiger partial charge in [0, 0.05) is 12.6 Å². The second-order valence-electron chi connectivity index (χ2n) is 3.62. The highest BCUT2D eigenvalue weighted by atomic mass is 32.2. The van der Waals surface area contributed by atoms with Crippen LogP contribution >= 0.6 is 12.2 Å². The van der Waals surface area contributed by atoms with Gasteiger partial charge in [-0.3, -0.25) is 4.79 Å². The molecule has 0 heterocycles. The Morgan fingerprint density at radius 3 is 2.17 bits per heavy atom. The molecule has 1 aromatic rings. The molecule has 0 unspecified atom stereocenters. The number of primary amides is 1. The summed E-state index contributed by atoms with van der Waals surface area (Å²) in [6, 6.07) is 5.77. The number of nitrogens with two attached hydrogens (primary N) is 2. The van der Waals surface area contributed by atoms with Crippen LogP contribution in [0.3, 0.4) is 0 Å². The number of amides is 1. The summed E-state index contributed by atoms with van der Waals surface area (Å²) in [7, 11) is -2.45. The van der Waals surface area contributed by atoms with Crippen LogP contribution in [0.15, 0.2) is 29.2 Å². The Morgan fingerprint density at radius 2 is 1.78 bits per heavy atom. The number of benzene rings is 1. The number of thiocarbonyl (C=S) groups is 1. The lowest BCUT2D eigenvalue weighted by Crippen LogP contribution is -2.35. The van der Waals surface area contributed by atoms with Crippen molar-refractivity contribution >= 4 is 33.1 Å². The zero-order valence-electron chi connectivity index (χ0n) is 9.66. The molecular formula is C10H13N3O3S2. The summed E-state index contributed by atoms with van der Waals surface area (Å²) in [4.78, 5) is 10.9. The number of likely N-dealkylation sites (N-methyl/N-ethyl adjacent to an activating group) is 1. The van der Waals surface area contributed by atoms with Gasteiger partial charge in [0.1, 0.15) is 4.99 Å². The van der Waals surface area contributed by atoms with Crippen LogP contribution in [0.1, 0.15) is 5.56 Å². The Balaban J connectivity index is 3.05. The standard InChI is InChI=1S/C10H13N3O3S2/c1-13(6-9(11)14)18(15,16)8-4-2-7(3-5-8)10(12)17/h2-5H,6H2,1H3,(H2,11,14)(H2,12,17). The van der Waals surface area contributed by atoms with Crippen molar-refractivity contribution in [1.29, 1.82) is 0 Å². The van der Waals surface area contributed by atoms with Gasteiger partial charge in [-0.1, -0.05) is 24.4 Å². The Bertz CT molecular complexity index is 567. The van der Waals surface area contributed by atoms with Gasteiger partial charge in [-0.15, -0.1) is 0 Å². The maximum Gasteiger partial charge on any atom is 0.243 e. The highest BCUT2D eigenvalue weighted by Gasteiger charge is 2.21. The van der Waals surface area contributed by atoms with E-state index in [1.54, 1.807) is 0 Å². The van der Waals surface area contributed by atoms with E-state index in [2.05, 4.69) is 0 Å². The zero-order chi connectivity index (χ0) is 13.9. The molecule has 0 saturated carbocycles. The Morgan fingerprint density at radius 1 is 1.28 bits per heavy atom. The van der Waals surface area contributed by atoms with Gasteiger partial charge >= 0.3 is 0 Å². The van der Waals surface area contributed by atoms with E-state index >= 15 is 0 Å². The van der Waals surface area contributed by atoms with Crippen molar-refractivity contribution < 1.29 is 13.2 Å². The third-order valence-electron chi connectivity index (χ3n) is 2.23. The third-order valence-corrected chi connectivity index (χ3v) is 4.28. The number of carbonyl (C=O) groups excluding carboxylic acids is 1. The second kappa shape index (κ2) is 5.42. The summed E-state index contributed by atoms with van der Waals surface area (Å²) in [6.07, 6.45) is 0. The summed E-state index contributed by atoms with van der Waals surface area (Å²) in [5, 5.41) is 0. The predicted octanol–water partition coefficient (Wildman–Crippen LogP) is -0.573. The van der Waals surface area contributed by atoms with Crippen LogP contribution in [0, 0.1) is 0 Å². The number of hydrogen-bond acceptors (Lipinski definition) is 4. The molecular weight excluding hydrogens is 274 g/mol. The van der Waals surface area contributed by atoms with E-state index in [0.717, 1.165) is 4.31 Å². The van der Waals surface area contributed by atoms with E-state index in [1.807, 2.05) is 0 Å². The first kappa shape index (κ1) is 14.6. The summed E-state index contributed by atoms with van der Waals surface area (Å²) in [6.45, 7) is -0.376. The number of rotatable bonds is 5. The molecule has 0 aliphatic heterocycles. The highest BCUT2D eigenvalue weighted by molar-refractivity contribution is 7.89. The smallest absolute Gasteiger partial charge is 0.243 e. The first-order chi connectivity index (χ1) is 8.25. The van der Waals surface area contributed by atoms with Gasteiger partial charge in [-0.25, -0.2) is 8.42 Å². The minimum atomic E-state index is -3.73. The van der Waals surface area contributed by atoms with E-state index < -0.39 is 15.9 Å². The molecule has 6 nitrogen and oxygen atoms in total. The fourth-order valence-corrected chi connectivity index (χ4v) is 2.55. The van der Waals surface area contributed by atoms with E-state index in [-0.39, 0.29) is 16.4 Å². The molecule has 0 spiro atoms. The summed E-state index contributed by atoms with van der Waals surface area (Å²) < 4.78 is 24.9. The molecule has 98 valence electrons. The first-order valence-corrected chi connectivity index (χ1v) is 6.74. The topological polar surface area (TPSA) is 106 Å². The maximum absolute atomic E-state index is 12.0. The largest absolute Gasteiger partial charge is 0.389 e. The lowest BCUT2D eigenvalue weighted by atomic mass is 10.2. The SMILES string of the molecule is CN(CC(N)=O)S(=O)(=O)c1ccc(C(N)=S)cc1. The zero-order valence-corrected chi connectivity index (χ0v) is 11.3. The van der Waals surface area contributed by atoms with Gasteiger partial charge in [0.05, 0.1) is 11.4 Å². The quantitative estimate of drug-likeness (QED) is 0.705. The average molecular weight is 287 g/mol. The van der Waals surface area contributed by atoms with Crippen LogP contribution in [0.2, 0.25) is 0 Å². The monoisotopic (exact) mass is 287 g/mol. The number of sulfonamides is 1. The fraction of sp³-hybridized carbons (Fsp3) is 0.200. The van der Waals surface area contributed by atoms with Crippen molar-refractivity contribution in [2.45, 2.75) is 4.90 Å². The van der Waals surface area contributed by atoms with Crippen molar-refractivity contribution in [3.05, 3.63) is 29.8 Å². The molecule has 18 heavy (non-hydrogen) atoms. The van der Waals surface area contributed by atoms with Crippen LogP contribution in [0.4, 0.5) is 0 Å². The van der Waals surface area contributed by atoms with Crippen LogP contribution in [-0.4, -0.2) is 37.2 Å². The number of hydrogen-bond donors (Lipinski definition) is 2. The summed E-state index contributed by atoms with van der Waals surface area (Å²) in [5.74, 6) is -0.721. The Hall–Kier alpha value is -1.51. The second-order valence-corrected chi connectivity index (χ2v) is 6.10. The van der Waals surface area contributed by atoms with Crippen molar-refractivity contribution in [2.24, 2.45) is 11.5 Å². The Labute approximate surface area is 111 Å². The van der Waals surface area contributed by atoms with Crippen molar-refractivity contribution in [2.75, 3.05) is 13.6 Å². The lowest BCUT2D eigenvalue weighted by molar-refractivity contribution is -0.118. The lowest BCUT2D eigenvalue weighted by Gasteiger charge is -2.15. The van der Waals surface area contributed by atoms with Gasteiger partial charge in [0.25, 0.3) is 0 Å². The average Bonchev–Trinajstić information content (AvgIpc) is 2.28. The molecule has 1 aromatic carbocycles. The first-order valence-electron chi connectivity index (χ1n) is 4.89. The normalized spacial score (nSPS) is 11.4. The molecule has 0 aliphatic carbocycles. The molecule has 0 atom stereocenters. The van der Waals surface area contributed by atoms with Crippen LogP contribution in [0.5, 0.6) is 0 Å². The van der Waals surface area contributed by atoms with Gasteiger partial charge in [0.2, 0.25) is 15.9 Å². The highest BCUT2D eigenvalue weighted by Crippen LogP contribution is 2.14. The van der Waals surface area contributed by atoms with Crippen LogP contribution in [-0.2, 0) is 14.8 Å². The minimum Gasteiger partial charge on any atom is -0.389 e. The van der Waals surface area contributed by atoms with E-state index in [0.29, 0.717) is 5.56 Å².